The lowest BCUT2D eigenvalue weighted by Crippen LogP contribution is -2.12. The maximum absolute atomic E-state index is 10.3. The van der Waals surface area contributed by atoms with Crippen molar-refractivity contribution in [2.24, 2.45) is 0 Å². The van der Waals surface area contributed by atoms with Crippen molar-refractivity contribution in [3.05, 3.63) is 47.5 Å². The molecule has 1 unspecified atom stereocenters. The predicted molar refractivity (Wildman–Crippen MR) is 76.6 cm³/mol. The van der Waals surface area contributed by atoms with Crippen LogP contribution in [0.25, 0.3) is 0 Å². The van der Waals surface area contributed by atoms with Crippen LogP contribution in [-0.4, -0.2) is 11.2 Å². The van der Waals surface area contributed by atoms with Gasteiger partial charge in [0, 0.05) is 0 Å². The van der Waals surface area contributed by atoms with Crippen molar-refractivity contribution in [1.82, 2.24) is 0 Å². The second-order valence-electron chi connectivity index (χ2n) is 5.27. The first-order valence-electron chi connectivity index (χ1n) is 7.27. The first-order chi connectivity index (χ1) is 8.86. The van der Waals surface area contributed by atoms with Crippen molar-refractivity contribution in [2.75, 3.05) is 0 Å². The Morgan fingerprint density at radius 3 is 2.61 bits per heavy atom. The van der Waals surface area contributed by atoms with Crippen molar-refractivity contribution < 1.29 is 5.11 Å². The minimum atomic E-state index is -0.233. The molecule has 0 saturated heterocycles. The largest absolute Gasteiger partial charge is 0.389 e. The lowest BCUT2D eigenvalue weighted by Gasteiger charge is -2.17. The average molecular weight is 244 g/mol. The van der Waals surface area contributed by atoms with E-state index in [1.165, 1.54) is 36.8 Å². The number of aliphatic hydroxyl groups excluding tert-OH is 1. The van der Waals surface area contributed by atoms with E-state index in [4.69, 9.17) is 0 Å². The summed E-state index contributed by atoms with van der Waals surface area (Å²) in [6.07, 6.45) is 11.3. The normalized spacial score (nSPS) is 21.5. The van der Waals surface area contributed by atoms with E-state index in [0.717, 1.165) is 25.7 Å². The van der Waals surface area contributed by atoms with Crippen LogP contribution in [0.2, 0.25) is 0 Å². The lowest BCUT2D eigenvalue weighted by molar-refractivity contribution is 0.195. The third-order valence-corrected chi connectivity index (χ3v) is 3.80. The molecule has 1 nitrogen and oxygen atoms in total. The fourth-order valence-electron chi connectivity index (χ4n) is 2.65. The van der Waals surface area contributed by atoms with Crippen LogP contribution < -0.4 is 0 Å². The standard InChI is InChI=1S/C17H24O/c18-17(14-13-15-9-5-4-6-10-15)16-11-7-2-1-3-8-12-16/h4-6,9-11,17-18H,1-3,7-8,12-14H2/b16-11+. The number of benzene rings is 1. The van der Waals surface area contributed by atoms with Gasteiger partial charge >= 0.3 is 0 Å². The second-order valence-corrected chi connectivity index (χ2v) is 5.27. The fourth-order valence-corrected chi connectivity index (χ4v) is 2.65. The molecule has 18 heavy (non-hydrogen) atoms. The summed E-state index contributed by atoms with van der Waals surface area (Å²) in [7, 11) is 0. The van der Waals surface area contributed by atoms with Gasteiger partial charge in [0.25, 0.3) is 0 Å². The Hall–Kier alpha value is -1.08. The Bertz CT molecular complexity index is 366. The highest BCUT2D eigenvalue weighted by Crippen LogP contribution is 2.21. The lowest BCUT2D eigenvalue weighted by atomic mass is 9.93. The van der Waals surface area contributed by atoms with Crippen molar-refractivity contribution >= 4 is 0 Å². The molecule has 0 aliphatic heterocycles. The van der Waals surface area contributed by atoms with Gasteiger partial charge in [-0.3, -0.25) is 0 Å². The van der Waals surface area contributed by atoms with E-state index in [0.29, 0.717) is 0 Å². The summed E-state index contributed by atoms with van der Waals surface area (Å²) < 4.78 is 0. The molecule has 0 spiro atoms. The maximum atomic E-state index is 10.3. The maximum Gasteiger partial charge on any atom is 0.0753 e. The molecule has 0 heterocycles. The van der Waals surface area contributed by atoms with Gasteiger partial charge in [-0.05, 0) is 49.7 Å². The molecule has 0 aromatic heterocycles. The molecule has 0 amide bonds. The van der Waals surface area contributed by atoms with Gasteiger partial charge in [-0.15, -0.1) is 0 Å². The number of allylic oxidation sites excluding steroid dienone is 1. The van der Waals surface area contributed by atoms with Crippen LogP contribution in [0.15, 0.2) is 42.0 Å². The van der Waals surface area contributed by atoms with Crippen LogP contribution in [0.4, 0.5) is 0 Å². The Morgan fingerprint density at radius 1 is 1.00 bits per heavy atom. The van der Waals surface area contributed by atoms with Crippen molar-refractivity contribution in [3.8, 4) is 0 Å². The number of aliphatic hydroxyl groups is 1. The highest BCUT2D eigenvalue weighted by atomic mass is 16.3. The van der Waals surface area contributed by atoms with Crippen LogP contribution in [0.3, 0.4) is 0 Å². The monoisotopic (exact) mass is 244 g/mol. The van der Waals surface area contributed by atoms with E-state index in [9.17, 15) is 5.11 Å². The van der Waals surface area contributed by atoms with Crippen molar-refractivity contribution in [2.45, 2.75) is 57.5 Å². The molecule has 1 aliphatic rings. The van der Waals surface area contributed by atoms with E-state index < -0.39 is 0 Å². The zero-order chi connectivity index (χ0) is 12.6. The Kier molecular flexibility index (Phi) is 5.47. The summed E-state index contributed by atoms with van der Waals surface area (Å²) in [6.45, 7) is 0. The minimum absolute atomic E-state index is 0.233. The summed E-state index contributed by atoms with van der Waals surface area (Å²) in [6, 6.07) is 10.4. The molecular formula is C17H24O. The van der Waals surface area contributed by atoms with Gasteiger partial charge in [0.05, 0.1) is 6.10 Å². The van der Waals surface area contributed by atoms with Gasteiger partial charge in [-0.25, -0.2) is 0 Å². The van der Waals surface area contributed by atoms with Crippen LogP contribution in [0, 0.1) is 0 Å². The third-order valence-electron chi connectivity index (χ3n) is 3.80. The summed E-state index contributed by atoms with van der Waals surface area (Å²) in [5, 5.41) is 10.3. The van der Waals surface area contributed by atoms with Crippen molar-refractivity contribution in [1.29, 1.82) is 0 Å². The van der Waals surface area contributed by atoms with E-state index in [1.807, 2.05) is 6.07 Å². The number of hydrogen-bond acceptors (Lipinski definition) is 1. The van der Waals surface area contributed by atoms with Gasteiger partial charge in [0.2, 0.25) is 0 Å². The topological polar surface area (TPSA) is 20.2 Å². The molecule has 98 valence electrons. The molecule has 1 atom stereocenters. The zero-order valence-corrected chi connectivity index (χ0v) is 11.1. The fraction of sp³-hybridized carbons (Fsp3) is 0.529. The van der Waals surface area contributed by atoms with E-state index in [-0.39, 0.29) is 6.10 Å². The van der Waals surface area contributed by atoms with Crippen LogP contribution >= 0.6 is 0 Å². The SMILES string of the molecule is OC(CCc1ccccc1)/C1=C/CCCCCC1. The molecule has 1 aromatic carbocycles. The molecule has 2 rings (SSSR count). The first-order valence-corrected chi connectivity index (χ1v) is 7.27. The summed E-state index contributed by atoms with van der Waals surface area (Å²) in [5.41, 5.74) is 2.61. The average Bonchev–Trinajstić information content (AvgIpc) is 2.37. The number of aryl methyl sites for hydroxylation is 1. The second kappa shape index (κ2) is 7.38. The Balaban J connectivity index is 1.84. The quantitative estimate of drug-likeness (QED) is 0.785. The molecule has 0 fully saturated rings. The highest BCUT2D eigenvalue weighted by Gasteiger charge is 2.11. The Morgan fingerprint density at radius 2 is 1.78 bits per heavy atom. The van der Waals surface area contributed by atoms with Crippen molar-refractivity contribution in [3.63, 3.8) is 0 Å². The number of rotatable bonds is 4. The summed E-state index contributed by atoms with van der Waals surface area (Å²) >= 11 is 0. The van der Waals surface area contributed by atoms with Gasteiger partial charge in [-0.2, -0.15) is 0 Å². The molecule has 1 aliphatic carbocycles. The summed E-state index contributed by atoms with van der Waals surface area (Å²) in [4.78, 5) is 0. The number of hydrogen-bond donors (Lipinski definition) is 1. The van der Waals surface area contributed by atoms with Gasteiger partial charge in [-0.1, -0.05) is 49.2 Å². The first kappa shape index (κ1) is 13.4. The summed E-state index contributed by atoms with van der Waals surface area (Å²) in [5.74, 6) is 0. The van der Waals surface area contributed by atoms with Gasteiger partial charge in [0.1, 0.15) is 0 Å². The highest BCUT2D eigenvalue weighted by molar-refractivity contribution is 5.16. The third kappa shape index (κ3) is 4.30. The molecular weight excluding hydrogens is 220 g/mol. The minimum Gasteiger partial charge on any atom is -0.389 e. The van der Waals surface area contributed by atoms with Gasteiger partial charge in [0.15, 0.2) is 0 Å². The molecule has 0 bridgehead atoms. The zero-order valence-electron chi connectivity index (χ0n) is 11.1. The smallest absolute Gasteiger partial charge is 0.0753 e. The van der Waals surface area contributed by atoms with Gasteiger partial charge < -0.3 is 5.11 Å². The molecule has 0 radical (unpaired) electrons. The predicted octanol–water partition coefficient (Wildman–Crippen LogP) is 4.26. The van der Waals surface area contributed by atoms with Crippen LogP contribution in [0.1, 0.15) is 50.5 Å². The van der Waals surface area contributed by atoms with E-state index >= 15 is 0 Å². The Labute approximate surface area is 111 Å². The van der Waals surface area contributed by atoms with E-state index in [1.54, 1.807) is 0 Å². The molecule has 0 saturated carbocycles. The van der Waals surface area contributed by atoms with Crippen LogP contribution in [-0.2, 0) is 6.42 Å². The van der Waals surface area contributed by atoms with E-state index in [2.05, 4.69) is 30.3 Å². The molecule has 1 N–H and O–H groups in total. The van der Waals surface area contributed by atoms with Crippen LogP contribution in [0.5, 0.6) is 0 Å². The molecule has 1 aromatic rings. The molecule has 1 heteroatoms.